The summed E-state index contributed by atoms with van der Waals surface area (Å²) in [5, 5.41) is 9.11. The standard InChI is InChI=1S/C19H14N4O3S/c24-17(11-7-8-27-10-11)21-14-4-2-1-3-13(14)18(25)20-12-5-6-15-16(9-12)23-19(26)22-15/h1-10H,(H,20,25)(H,21,24)(H2,22,23,26). The summed E-state index contributed by atoms with van der Waals surface area (Å²) in [7, 11) is 0. The number of hydrogen-bond acceptors (Lipinski definition) is 4. The molecule has 0 aliphatic rings. The van der Waals surface area contributed by atoms with Crippen molar-refractivity contribution in [2.24, 2.45) is 0 Å². The number of amides is 2. The quantitative estimate of drug-likeness (QED) is 0.437. The minimum atomic E-state index is -0.367. The predicted molar refractivity (Wildman–Crippen MR) is 106 cm³/mol. The maximum Gasteiger partial charge on any atom is 0.323 e. The summed E-state index contributed by atoms with van der Waals surface area (Å²) < 4.78 is 0. The van der Waals surface area contributed by atoms with Gasteiger partial charge in [0, 0.05) is 11.1 Å². The number of thiophene rings is 1. The van der Waals surface area contributed by atoms with E-state index in [1.807, 2.05) is 5.38 Å². The third kappa shape index (κ3) is 3.51. The maximum absolute atomic E-state index is 12.7. The van der Waals surface area contributed by atoms with Gasteiger partial charge < -0.3 is 20.6 Å². The van der Waals surface area contributed by atoms with Crippen LogP contribution in [0.4, 0.5) is 11.4 Å². The summed E-state index contributed by atoms with van der Waals surface area (Å²) in [6.07, 6.45) is 0. The Morgan fingerprint density at radius 1 is 0.889 bits per heavy atom. The Kier molecular flexibility index (Phi) is 4.31. The molecule has 134 valence electrons. The first-order valence-electron chi connectivity index (χ1n) is 8.06. The van der Waals surface area contributed by atoms with Gasteiger partial charge in [0.2, 0.25) is 0 Å². The second-order valence-corrected chi connectivity index (χ2v) is 6.59. The van der Waals surface area contributed by atoms with Gasteiger partial charge in [-0.1, -0.05) is 12.1 Å². The topological polar surface area (TPSA) is 107 Å². The molecular weight excluding hydrogens is 364 g/mol. The molecule has 2 aromatic carbocycles. The first-order valence-corrected chi connectivity index (χ1v) is 9.00. The molecule has 0 spiro atoms. The van der Waals surface area contributed by atoms with Crippen LogP contribution in [0.3, 0.4) is 0 Å². The third-order valence-corrected chi connectivity index (χ3v) is 4.66. The molecule has 4 rings (SSSR count). The highest BCUT2D eigenvalue weighted by Crippen LogP contribution is 2.20. The summed E-state index contributed by atoms with van der Waals surface area (Å²) in [6, 6.07) is 13.6. The third-order valence-electron chi connectivity index (χ3n) is 3.98. The van der Waals surface area contributed by atoms with E-state index in [1.165, 1.54) is 11.3 Å². The minimum Gasteiger partial charge on any atom is -0.322 e. The molecule has 0 saturated carbocycles. The summed E-state index contributed by atoms with van der Waals surface area (Å²) >= 11 is 1.43. The van der Waals surface area contributed by atoms with Gasteiger partial charge >= 0.3 is 5.69 Å². The molecule has 0 aliphatic heterocycles. The lowest BCUT2D eigenvalue weighted by Gasteiger charge is -2.11. The van der Waals surface area contributed by atoms with Crippen LogP contribution < -0.4 is 16.3 Å². The first-order chi connectivity index (χ1) is 13.1. The van der Waals surface area contributed by atoms with E-state index in [-0.39, 0.29) is 17.5 Å². The maximum atomic E-state index is 12.7. The van der Waals surface area contributed by atoms with E-state index in [0.717, 1.165) is 0 Å². The molecule has 0 bridgehead atoms. The molecule has 7 nitrogen and oxygen atoms in total. The summed E-state index contributed by atoms with van der Waals surface area (Å²) in [4.78, 5) is 41.6. The largest absolute Gasteiger partial charge is 0.323 e. The van der Waals surface area contributed by atoms with Gasteiger partial charge in [-0.15, -0.1) is 0 Å². The van der Waals surface area contributed by atoms with Crippen LogP contribution in [0.25, 0.3) is 11.0 Å². The molecule has 0 radical (unpaired) electrons. The first kappa shape index (κ1) is 16.8. The number of benzene rings is 2. The van der Waals surface area contributed by atoms with Crippen molar-refractivity contribution in [1.82, 2.24) is 9.97 Å². The zero-order valence-electron chi connectivity index (χ0n) is 13.9. The number of rotatable bonds is 4. The number of fused-ring (bicyclic) bond motifs is 1. The molecular formula is C19H14N4O3S. The second kappa shape index (κ2) is 6.93. The van der Waals surface area contributed by atoms with Crippen LogP contribution >= 0.6 is 11.3 Å². The van der Waals surface area contributed by atoms with E-state index < -0.39 is 0 Å². The van der Waals surface area contributed by atoms with Gasteiger partial charge in [-0.25, -0.2) is 4.79 Å². The molecule has 2 aromatic heterocycles. The van der Waals surface area contributed by atoms with Crippen LogP contribution in [0.5, 0.6) is 0 Å². The van der Waals surface area contributed by atoms with Crippen molar-refractivity contribution < 1.29 is 9.59 Å². The van der Waals surface area contributed by atoms with Crippen molar-refractivity contribution in [1.29, 1.82) is 0 Å². The molecule has 4 aromatic rings. The highest BCUT2D eigenvalue weighted by Gasteiger charge is 2.15. The number of imidazole rings is 1. The Labute approximate surface area is 157 Å². The van der Waals surface area contributed by atoms with Crippen molar-refractivity contribution in [3.05, 3.63) is 80.9 Å². The number of anilines is 2. The number of para-hydroxylation sites is 1. The monoisotopic (exact) mass is 378 g/mol. The Morgan fingerprint density at radius 3 is 2.52 bits per heavy atom. The second-order valence-electron chi connectivity index (χ2n) is 5.81. The van der Waals surface area contributed by atoms with Crippen LogP contribution in [0.1, 0.15) is 20.7 Å². The van der Waals surface area contributed by atoms with E-state index in [1.54, 1.807) is 53.9 Å². The van der Waals surface area contributed by atoms with Crippen molar-refractivity contribution in [2.75, 3.05) is 10.6 Å². The number of nitrogens with one attached hydrogen (secondary N) is 4. The van der Waals surface area contributed by atoms with Crippen LogP contribution in [0, 0.1) is 0 Å². The molecule has 2 heterocycles. The van der Waals surface area contributed by atoms with Crippen molar-refractivity contribution in [2.45, 2.75) is 0 Å². The van der Waals surface area contributed by atoms with E-state index in [9.17, 15) is 14.4 Å². The van der Waals surface area contributed by atoms with E-state index >= 15 is 0 Å². The van der Waals surface area contributed by atoms with Crippen LogP contribution in [0.2, 0.25) is 0 Å². The van der Waals surface area contributed by atoms with Gasteiger partial charge in [0.05, 0.1) is 27.8 Å². The summed E-state index contributed by atoms with van der Waals surface area (Å²) in [6.45, 7) is 0. The minimum absolute atomic E-state index is 0.275. The number of aromatic nitrogens is 2. The number of aromatic amines is 2. The fraction of sp³-hybridized carbons (Fsp3) is 0. The molecule has 0 atom stereocenters. The number of carbonyl (C=O) groups excluding carboxylic acids is 2. The molecule has 27 heavy (non-hydrogen) atoms. The van der Waals surface area contributed by atoms with Gasteiger partial charge in [-0.05, 0) is 41.8 Å². The average Bonchev–Trinajstić information content (AvgIpc) is 3.30. The van der Waals surface area contributed by atoms with Crippen molar-refractivity contribution in [3.63, 3.8) is 0 Å². The molecule has 0 aliphatic carbocycles. The smallest absolute Gasteiger partial charge is 0.322 e. The van der Waals surface area contributed by atoms with Gasteiger partial charge in [0.15, 0.2) is 0 Å². The molecule has 8 heteroatoms. The van der Waals surface area contributed by atoms with Crippen LogP contribution in [-0.4, -0.2) is 21.8 Å². The van der Waals surface area contributed by atoms with Crippen LogP contribution in [-0.2, 0) is 0 Å². The molecule has 0 unspecified atom stereocenters. The SMILES string of the molecule is O=C(Nc1ccccc1C(=O)Nc1ccc2[nH]c(=O)[nH]c2c1)c1ccsc1. The zero-order valence-corrected chi connectivity index (χ0v) is 14.7. The Bertz CT molecular complexity index is 1190. The van der Waals surface area contributed by atoms with Crippen LogP contribution in [0.15, 0.2) is 64.1 Å². The highest BCUT2D eigenvalue weighted by molar-refractivity contribution is 7.08. The number of hydrogen-bond donors (Lipinski definition) is 4. The number of H-pyrrole nitrogens is 2. The normalized spacial score (nSPS) is 10.7. The lowest BCUT2D eigenvalue weighted by atomic mass is 10.1. The fourth-order valence-electron chi connectivity index (χ4n) is 2.69. The highest BCUT2D eigenvalue weighted by atomic mass is 32.1. The van der Waals surface area contributed by atoms with Crippen molar-refractivity contribution >= 4 is 45.6 Å². The van der Waals surface area contributed by atoms with Crippen molar-refractivity contribution in [3.8, 4) is 0 Å². The molecule has 2 amide bonds. The van der Waals surface area contributed by atoms with Gasteiger partial charge in [0.25, 0.3) is 11.8 Å². The Balaban J connectivity index is 1.57. The van der Waals surface area contributed by atoms with Gasteiger partial charge in [0.1, 0.15) is 0 Å². The zero-order chi connectivity index (χ0) is 18.8. The van der Waals surface area contributed by atoms with Gasteiger partial charge in [-0.2, -0.15) is 11.3 Å². The average molecular weight is 378 g/mol. The molecule has 0 fully saturated rings. The van der Waals surface area contributed by atoms with E-state index in [4.69, 9.17) is 0 Å². The van der Waals surface area contributed by atoms with E-state index in [2.05, 4.69) is 20.6 Å². The molecule has 4 N–H and O–H groups in total. The summed E-state index contributed by atoms with van der Waals surface area (Å²) in [5.41, 5.74) is 2.76. The Morgan fingerprint density at radius 2 is 1.70 bits per heavy atom. The predicted octanol–water partition coefficient (Wildman–Crippen LogP) is 3.42. The fourth-order valence-corrected chi connectivity index (χ4v) is 3.32. The number of carbonyl (C=O) groups is 2. The van der Waals surface area contributed by atoms with Gasteiger partial charge in [-0.3, -0.25) is 9.59 Å². The lowest BCUT2D eigenvalue weighted by Crippen LogP contribution is -2.17. The summed E-state index contributed by atoms with van der Waals surface area (Å²) in [5.74, 6) is -0.642. The molecule has 0 saturated heterocycles. The Hall–Kier alpha value is -3.65. The lowest BCUT2D eigenvalue weighted by molar-refractivity contribution is 0.102. The van der Waals surface area contributed by atoms with E-state index in [0.29, 0.717) is 33.5 Å².